The van der Waals surface area contributed by atoms with Crippen LogP contribution in [0.1, 0.15) is 75.6 Å². The van der Waals surface area contributed by atoms with Crippen molar-refractivity contribution in [3.8, 4) is 17.2 Å². The van der Waals surface area contributed by atoms with E-state index in [0.717, 1.165) is 5.57 Å². The van der Waals surface area contributed by atoms with Crippen LogP contribution in [0.15, 0.2) is 11.6 Å². The number of phenolic OH excluding ortho intramolecular Hbond substituents is 2. The molecule has 0 heterocycles. The molecule has 0 radical (unpaired) electrons. The molecule has 0 aliphatic carbocycles. The Kier molecular flexibility index (Phi) is 8.15. The van der Waals surface area contributed by atoms with Crippen LogP contribution in [0.4, 0.5) is 0 Å². The third-order valence-corrected chi connectivity index (χ3v) is 4.18. The molecule has 0 spiro atoms. The Morgan fingerprint density at radius 1 is 1.15 bits per heavy atom. The van der Waals surface area contributed by atoms with Crippen LogP contribution >= 0.6 is 0 Å². The summed E-state index contributed by atoms with van der Waals surface area (Å²) in [7, 11) is 1.43. The zero-order valence-electron chi connectivity index (χ0n) is 17.0. The van der Waals surface area contributed by atoms with Gasteiger partial charge in [0.15, 0.2) is 5.78 Å². The summed E-state index contributed by atoms with van der Waals surface area (Å²) in [4.78, 5) is 12.2. The molecule has 1 atom stereocenters. The van der Waals surface area contributed by atoms with Crippen molar-refractivity contribution in [2.75, 3.05) is 13.7 Å². The lowest BCUT2D eigenvalue weighted by Gasteiger charge is -2.26. The van der Waals surface area contributed by atoms with Crippen molar-refractivity contribution in [3.05, 3.63) is 28.3 Å². The van der Waals surface area contributed by atoms with E-state index in [1.165, 1.54) is 14.0 Å². The molecule has 1 aromatic carbocycles. The zero-order chi connectivity index (χ0) is 20.0. The number of benzene rings is 1. The molecule has 0 fully saturated rings. The van der Waals surface area contributed by atoms with Crippen molar-refractivity contribution in [2.45, 2.75) is 60.5 Å². The summed E-state index contributed by atoms with van der Waals surface area (Å²) in [5, 5.41) is 21.6. The quantitative estimate of drug-likeness (QED) is 0.479. The molecule has 0 bridgehead atoms. The van der Waals surface area contributed by atoms with Gasteiger partial charge < -0.3 is 19.7 Å². The zero-order valence-corrected chi connectivity index (χ0v) is 17.0. The van der Waals surface area contributed by atoms with Crippen molar-refractivity contribution < 1.29 is 24.5 Å². The predicted octanol–water partition coefficient (Wildman–Crippen LogP) is 4.94. The van der Waals surface area contributed by atoms with E-state index < -0.39 is 6.10 Å². The first kappa shape index (κ1) is 22.0. The van der Waals surface area contributed by atoms with Gasteiger partial charge >= 0.3 is 0 Å². The van der Waals surface area contributed by atoms with E-state index in [9.17, 15) is 15.0 Å². The van der Waals surface area contributed by atoms with Crippen LogP contribution in [0.25, 0.3) is 0 Å². The summed E-state index contributed by atoms with van der Waals surface area (Å²) in [6.07, 6.45) is 2.44. The average Bonchev–Trinajstić information content (AvgIpc) is 2.52. The van der Waals surface area contributed by atoms with E-state index in [-0.39, 0.29) is 28.6 Å². The van der Waals surface area contributed by atoms with Gasteiger partial charge in [-0.3, -0.25) is 4.79 Å². The van der Waals surface area contributed by atoms with Gasteiger partial charge in [-0.05, 0) is 46.5 Å². The summed E-state index contributed by atoms with van der Waals surface area (Å²) in [5.41, 5.74) is 1.89. The highest BCUT2D eigenvalue weighted by molar-refractivity contribution is 6.01. The second-order valence-electron chi connectivity index (χ2n) is 7.11. The number of methoxy groups -OCH3 is 1. The van der Waals surface area contributed by atoms with Gasteiger partial charge in [0.25, 0.3) is 0 Å². The number of hydrogen-bond donors (Lipinski definition) is 2. The number of aromatic hydroxyl groups is 2. The van der Waals surface area contributed by atoms with Gasteiger partial charge in [-0.1, -0.05) is 25.5 Å². The van der Waals surface area contributed by atoms with Crippen LogP contribution in [0.2, 0.25) is 0 Å². The first-order chi connectivity index (χ1) is 12.1. The molecule has 0 aliphatic rings. The van der Waals surface area contributed by atoms with Crippen molar-refractivity contribution in [1.82, 2.24) is 0 Å². The number of rotatable bonds is 9. The number of ketones is 1. The number of phenols is 2. The molecule has 1 aromatic rings. The molecule has 26 heavy (non-hydrogen) atoms. The molecule has 0 saturated carbocycles. The number of carbonyl (C=O) groups is 1. The second-order valence-corrected chi connectivity index (χ2v) is 7.11. The SMILES string of the molecule is CCO[C@H](CC(C)C)c1c(O)c(CC=C(C)C)c(O)c(C(C)=O)c1OC. The number of ether oxygens (including phenoxy) is 2. The Morgan fingerprint density at radius 3 is 2.19 bits per heavy atom. The van der Waals surface area contributed by atoms with Gasteiger partial charge in [0.05, 0.1) is 18.8 Å². The maximum Gasteiger partial charge on any atom is 0.167 e. The molecule has 0 saturated heterocycles. The normalized spacial score (nSPS) is 12.2. The molecule has 0 aromatic heterocycles. The van der Waals surface area contributed by atoms with Gasteiger partial charge in [0.2, 0.25) is 0 Å². The fraction of sp³-hybridized carbons (Fsp3) is 0.571. The fourth-order valence-corrected chi connectivity index (χ4v) is 3.01. The minimum atomic E-state index is -0.431. The van der Waals surface area contributed by atoms with E-state index in [2.05, 4.69) is 13.8 Å². The molecule has 5 nitrogen and oxygen atoms in total. The molecule has 0 aliphatic heterocycles. The highest BCUT2D eigenvalue weighted by Gasteiger charge is 2.31. The number of allylic oxidation sites excluding steroid dienone is 2. The minimum absolute atomic E-state index is 0.0686. The number of carbonyl (C=O) groups excluding carboxylic acids is 1. The van der Waals surface area contributed by atoms with Gasteiger partial charge in [-0.15, -0.1) is 0 Å². The maximum absolute atomic E-state index is 12.2. The Morgan fingerprint density at radius 2 is 1.77 bits per heavy atom. The molecule has 0 amide bonds. The van der Waals surface area contributed by atoms with Gasteiger partial charge in [0, 0.05) is 12.2 Å². The Balaban J connectivity index is 3.79. The largest absolute Gasteiger partial charge is 0.507 e. The van der Waals surface area contributed by atoms with Gasteiger partial charge in [0.1, 0.15) is 22.8 Å². The topological polar surface area (TPSA) is 76.0 Å². The van der Waals surface area contributed by atoms with Crippen molar-refractivity contribution in [2.24, 2.45) is 5.92 Å². The second kappa shape index (κ2) is 9.62. The summed E-state index contributed by atoms with van der Waals surface area (Å²) in [5.74, 6) is -0.119. The molecule has 0 unspecified atom stereocenters. The van der Waals surface area contributed by atoms with Crippen molar-refractivity contribution in [3.63, 3.8) is 0 Å². The molecular formula is C21H32O5. The first-order valence-electron chi connectivity index (χ1n) is 9.06. The monoisotopic (exact) mass is 364 g/mol. The van der Waals surface area contributed by atoms with E-state index in [1.54, 1.807) is 0 Å². The van der Waals surface area contributed by atoms with Crippen LogP contribution in [-0.2, 0) is 11.2 Å². The predicted molar refractivity (Wildman–Crippen MR) is 103 cm³/mol. The molecule has 2 N–H and O–H groups in total. The lowest BCUT2D eigenvalue weighted by atomic mass is 9.90. The summed E-state index contributed by atoms with van der Waals surface area (Å²) in [6.45, 7) is 11.7. The molecule has 1 rings (SSSR count). The standard InChI is InChI=1S/C21H32O5/c1-8-26-16(11-13(4)5)18-20(24)15(10-9-12(2)3)19(23)17(14(6)22)21(18)25-7/h9,13,16,23-24H,8,10-11H2,1-7H3/t16-/m1/s1. The minimum Gasteiger partial charge on any atom is -0.507 e. The third-order valence-electron chi connectivity index (χ3n) is 4.18. The molecule has 5 heteroatoms. The Labute approximate surface area is 156 Å². The highest BCUT2D eigenvalue weighted by Crippen LogP contribution is 2.48. The maximum atomic E-state index is 12.2. The van der Waals surface area contributed by atoms with Crippen molar-refractivity contribution in [1.29, 1.82) is 0 Å². The van der Waals surface area contributed by atoms with E-state index in [0.29, 0.717) is 36.5 Å². The van der Waals surface area contributed by atoms with Crippen LogP contribution in [0.5, 0.6) is 17.2 Å². The van der Waals surface area contributed by atoms with E-state index >= 15 is 0 Å². The Hall–Kier alpha value is -2.01. The van der Waals surface area contributed by atoms with Gasteiger partial charge in [-0.2, -0.15) is 0 Å². The van der Waals surface area contributed by atoms with Crippen LogP contribution in [0.3, 0.4) is 0 Å². The van der Waals surface area contributed by atoms with Crippen LogP contribution in [0, 0.1) is 5.92 Å². The highest BCUT2D eigenvalue weighted by atomic mass is 16.5. The number of Topliss-reactive ketones (excluding diaryl/α,β-unsaturated/α-hetero) is 1. The van der Waals surface area contributed by atoms with Crippen LogP contribution < -0.4 is 4.74 Å². The number of hydrogen-bond acceptors (Lipinski definition) is 5. The Bertz CT molecular complexity index is 670. The van der Waals surface area contributed by atoms with Crippen LogP contribution in [-0.4, -0.2) is 29.7 Å². The summed E-state index contributed by atoms with van der Waals surface area (Å²) >= 11 is 0. The van der Waals surface area contributed by atoms with Gasteiger partial charge in [-0.25, -0.2) is 0 Å². The lowest BCUT2D eigenvalue weighted by Crippen LogP contribution is -2.13. The summed E-state index contributed by atoms with van der Waals surface area (Å²) < 4.78 is 11.3. The fourth-order valence-electron chi connectivity index (χ4n) is 3.01. The molecular weight excluding hydrogens is 332 g/mol. The smallest absolute Gasteiger partial charge is 0.167 e. The average molecular weight is 364 g/mol. The third kappa shape index (κ3) is 5.01. The first-order valence-corrected chi connectivity index (χ1v) is 9.06. The molecule has 146 valence electrons. The lowest BCUT2D eigenvalue weighted by molar-refractivity contribution is 0.0437. The van der Waals surface area contributed by atoms with E-state index in [1.807, 2.05) is 26.8 Å². The summed E-state index contributed by atoms with van der Waals surface area (Å²) in [6, 6.07) is 0. The van der Waals surface area contributed by atoms with Crippen molar-refractivity contribution >= 4 is 5.78 Å². The van der Waals surface area contributed by atoms with E-state index in [4.69, 9.17) is 9.47 Å².